The van der Waals surface area contributed by atoms with Crippen LogP contribution >= 0.6 is 0 Å². The Hall–Kier alpha value is -5.78. The molecule has 0 saturated carbocycles. The van der Waals surface area contributed by atoms with Crippen LogP contribution in [0.15, 0.2) is 138 Å². The molecule has 8 aromatic rings. The molecule has 0 unspecified atom stereocenters. The second kappa shape index (κ2) is 11.5. The van der Waals surface area contributed by atoms with Crippen molar-refractivity contribution in [3.05, 3.63) is 150 Å². The van der Waals surface area contributed by atoms with Crippen molar-refractivity contribution in [2.75, 3.05) is 9.71 Å². The van der Waals surface area contributed by atoms with Gasteiger partial charge in [0, 0.05) is 50.2 Å². The Morgan fingerprint density at radius 1 is 0.569 bits per heavy atom. The number of hydrogen-bond donors (Lipinski definition) is 0. The standard InChI is InChI=1S/C53H47BN2OSi/c1-32-28-39-40(53(4,5)27-26-52(39,2)3)31-43(32)55-42-25-24-37-35-18-11-13-21-45(35)57-51(37)49(42)54-48-38(29-34(30-44(48)55)33-16-9-8-10-17-33)36-19-15-23-47-50(36)56(54)41-20-12-14-22-46(41)58(47,6)7/h8-25,28-31H,26-27H2,1-7H3. The van der Waals surface area contributed by atoms with E-state index in [2.05, 4.69) is 191 Å². The topological polar surface area (TPSA) is 19.6 Å². The zero-order valence-electron chi connectivity index (χ0n) is 34.5. The molecule has 4 aliphatic rings. The van der Waals surface area contributed by atoms with Gasteiger partial charge in [-0.1, -0.05) is 132 Å². The van der Waals surface area contributed by atoms with Gasteiger partial charge in [0.2, 0.25) is 0 Å². The molecule has 58 heavy (non-hydrogen) atoms. The molecule has 0 fully saturated rings. The van der Waals surface area contributed by atoms with Crippen molar-refractivity contribution in [1.82, 2.24) is 0 Å². The van der Waals surface area contributed by atoms with E-state index in [0.29, 0.717) is 0 Å². The fourth-order valence-electron chi connectivity index (χ4n) is 11.4. The molecule has 0 amide bonds. The van der Waals surface area contributed by atoms with Crippen LogP contribution in [-0.2, 0) is 10.8 Å². The molecule has 0 saturated heterocycles. The van der Waals surface area contributed by atoms with Gasteiger partial charge in [0.15, 0.2) is 0 Å². The van der Waals surface area contributed by atoms with E-state index in [1.54, 1.807) is 0 Å². The second-order valence-electron chi connectivity index (χ2n) is 19.2. The van der Waals surface area contributed by atoms with E-state index in [1.165, 1.54) is 107 Å². The number of aryl methyl sites for hydroxylation is 1. The molecule has 5 heteroatoms. The van der Waals surface area contributed by atoms with E-state index >= 15 is 0 Å². The fourth-order valence-corrected chi connectivity index (χ4v) is 14.4. The van der Waals surface area contributed by atoms with Gasteiger partial charge in [0.05, 0.1) is 0 Å². The molecule has 3 aliphatic heterocycles. The van der Waals surface area contributed by atoms with Crippen LogP contribution in [0.4, 0.5) is 28.4 Å². The van der Waals surface area contributed by atoms with Gasteiger partial charge in [-0.3, -0.25) is 0 Å². The van der Waals surface area contributed by atoms with Gasteiger partial charge >= 0.3 is 6.85 Å². The smallest absolute Gasteiger partial charge is 0.336 e. The minimum Gasteiger partial charge on any atom is -0.456 e. The van der Waals surface area contributed by atoms with E-state index in [9.17, 15) is 0 Å². The Labute approximate surface area is 343 Å². The number of para-hydroxylation sites is 3. The lowest BCUT2D eigenvalue weighted by Crippen LogP contribution is -2.68. The average Bonchev–Trinajstić information content (AvgIpc) is 3.61. The van der Waals surface area contributed by atoms with Crippen molar-refractivity contribution in [2.24, 2.45) is 0 Å². The molecular weight excluding hydrogens is 719 g/mol. The third-order valence-corrected chi connectivity index (χ3v) is 18.1. The lowest BCUT2D eigenvalue weighted by Gasteiger charge is -2.51. The molecule has 3 nitrogen and oxygen atoms in total. The quantitative estimate of drug-likeness (QED) is 0.163. The van der Waals surface area contributed by atoms with Crippen molar-refractivity contribution >= 4 is 86.6 Å². The third kappa shape index (κ3) is 4.40. The summed E-state index contributed by atoms with van der Waals surface area (Å²) in [6.45, 7) is 17.1. The summed E-state index contributed by atoms with van der Waals surface area (Å²) in [7, 11) is -2.08. The van der Waals surface area contributed by atoms with Crippen LogP contribution in [0.2, 0.25) is 13.1 Å². The first-order valence-electron chi connectivity index (χ1n) is 21.1. The monoisotopic (exact) mass is 766 g/mol. The highest BCUT2D eigenvalue weighted by Crippen LogP contribution is 2.53. The van der Waals surface area contributed by atoms with Gasteiger partial charge in [-0.25, -0.2) is 0 Å². The average molecular weight is 767 g/mol. The molecule has 0 bridgehead atoms. The summed E-state index contributed by atoms with van der Waals surface area (Å²) in [5.41, 5.74) is 20.4. The van der Waals surface area contributed by atoms with Gasteiger partial charge in [0.1, 0.15) is 19.2 Å². The molecular formula is C53H47BN2OSi. The first-order valence-corrected chi connectivity index (χ1v) is 24.1. The maximum atomic E-state index is 7.13. The molecule has 282 valence electrons. The molecule has 7 aromatic carbocycles. The second-order valence-corrected chi connectivity index (χ2v) is 23.5. The van der Waals surface area contributed by atoms with E-state index in [0.717, 1.165) is 16.6 Å². The first-order chi connectivity index (χ1) is 27.9. The number of hydrogen-bond acceptors (Lipinski definition) is 3. The number of benzene rings is 7. The summed E-state index contributed by atoms with van der Waals surface area (Å²) in [5.74, 6) is 0. The number of rotatable bonds is 2. The molecule has 0 spiro atoms. The van der Waals surface area contributed by atoms with E-state index in [4.69, 9.17) is 4.42 Å². The minimum atomic E-state index is -2.08. The van der Waals surface area contributed by atoms with Gasteiger partial charge in [-0.2, -0.15) is 0 Å². The van der Waals surface area contributed by atoms with Crippen molar-refractivity contribution in [3.8, 4) is 22.3 Å². The van der Waals surface area contributed by atoms with Crippen LogP contribution in [0.1, 0.15) is 57.2 Å². The molecule has 4 heterocycles. The molecule has 12 rings (SSSR count). The van der Waals surface area contributed by atoms with E-state index in [-0.39, 0.29) is 17.7 Å². The van der Waals surface area contributed by atoms with Crippen LogP contribution in [0.25, 0.3) is 44.2 Å². The predicted octanol–water partition coefficient (Wildman–Crippen LogP) is 11.8. The summed E-state index contributed by atoms with van der Waals surface area (Å²) >= 11 is 0. The minimum absolute atomic E-state index is 0.0615. The van der Waals surface area contributed by atoms with Gasteiger partial charge in [-0.15, -0.1) is 0 Å². The Morgan fingerprint density at radius 2 is 1.28 bits per heavy atom. The Bertz CT molecular complexity index is 3080. The maximum absolute atomic E-state index is 7.13. The summed E-state index contributed by atoms with van der Waals surface area (Å²) in [4.78, 5) is 5.35. The molecule has 0 N–H and O–H groups in total. The molecule has 1 aliphatic carbocycles. The maximum Gasteiger partial charge on any atom is 0.336 e. The Kier molecular flexibility index (Phi) is 6.77. The normalized spacial score (nSPS) is 17.4. The summed E-state index contributed by atoms with van der Waals surface area (Å²) in [5, 5.41) is 5.32. The predicted molar refractivity (Wildman–Crippen MR) is 250 cm³/mol. The van der Waals surface area contributed by atoms with Crippen LogP contribution in [0.3, 0.4) is 0 Å². The van der Waals surface area contributed by atoms with Crippen LogP contribution in [0.5, 0.6) is 0 Å². The SMILES string of the molecule is Cc1cc2c(cc1N1c3cc(-c4ccccc4)cc4c3B(c3c1ccc1c3oc3ccccc31)N1c3ccccc3[Si](C)(C)c3cccc-4c31)C(C)(C)CCC2(C)C. The van der Waals surface area contributed by atoms with E-state index < -0.39 is 8.07 Å². The Balaban J connectivity index is 1.27. The molecule has 0 atom stereocenters. The number of furan rings is 1. The van der Waals surface area contributed by atoms with Crippen LogP contribution < -0.4 is 31.0 Å². The summed E-state index contributed by atoms with van der Waals surface area (Å²) in [6, 6.07) is 50.8. The van der Waals surface area contributed by atoms with Gasteiger partial charge < -0.3 is 14.1 Å². The van der Waals surface area contributed by atoms with Crippen molar-refractivity contribution in [2.45, 2.75) is 71.4 Å². The lowest BCUT2D eigenvalue weighted by molar-refractivity contribution is 0.332. The highest BCUT2D eigenvalue weighted by molar-refractivity contribution is 7.05. The van der Waals surface area contributed by atoms with Gasteiger partial charge in [0.25, 0.3) is 0 Å². The van der Waals surface area contributed by atoms with Crippen molar-refractivity contribution in [1.29, 1.82) is 0 Å². The highest BCUT2D eigenvalue weighted by Gasteiger charge is 2.52. The summed E-state index contributed by atoms with van der Waals surface area (Å²) < 4.78 is 7.13. The zero-order valence-corrected chi connectivity index (χ0v) is 35.5. The summed E-state index contributed by atoms with van der Waals surface area (Å²) in [6.07, 6.45) is 2.36. The number of anilines is 5. The van der Waals surface area contributed by atoms with E-state index in [1.807, 2.05) is 0 Å². The molecule has 1 aromatic heterocycles. The number of fused-ring (bicyclic) bond motifs is 11. The van der Waals surface area contributed by atoms with Crippen LogP contribution in [-0.4, -0.2) is 14.9 Å². The van der Waals surface area contributed by atoms with Gasteiger partial charge in [-0.05, 0) is 122 Å². The highest BCUT2D eigenvalue weighted by atomic mass is 28.3. The number of nitrogens with zero attached hydrogens (tertiary/aromatic N) is 2. The fraction of sp³-hybridized carbons (Fsp3) is 0.208. The molecule has 0 radical (unpaired) electrons. The third-order valence-electron chi connectivity index (χ3n) is 14.6. The lowest BCUT2D eigenvalue weighted by atomic mass is 9.43. The Morgan fingerprint density at radius 3 is 2.09 bits per heavy atom. The van der Waals surface area contributed by atoms with Crippen molar-refractivity contribution in [3.63, 3.8) is 0 Å². The van der Waals surface area contributed by atoms with Crippen molar-refractivity contribution < 1.29 is 4.42 Å². The largest absolute Gasteiger partial charge is 0.456 e. The zero-order chi connectivity index (χ0) is 39.5. The first kappa shape index (κ1) is 34.3. The van der Waals surface area contributed by atoms with Crippen LogP contribution in [0, 0.1) is 6.92 Å².